The predicted octanol–water partition coefficient (Wildman–Crippen LogP) is 5.71. The maximum atomic E-state index is 13.0. The van der Waals surface area contributed by atoms with Gasteiger partial charge in [-0.05, 0) is 54.0 Å². The molecule has 166 valence electrons. The number of carbonyl (C=O) groups excluding carboxylic acids is 2. The fraction of sp³-hybridized carbons (Fsp3) is 0.0769. The first-order valence-electron chi connectivity index (χ1n) is 10.4. The van der Waals surface area contributed by atoms with Crippen LogP contribution in [0, 0.1) is 0 Å². The number of para-hydroxylation sites is 1. The van der Waals surface area contributed by atoms with Gasteiger partial charge >= 0.3 is 0 Å². The predicted molar refractivity (Wildman–Crippen MR) is 136 cm³/mol. The number of H-pyrrole nitrogens is 1. The van der Waals surface area contributed by atoms with Gasteiger partial charge in [-0.3, -0.25) is 9.59 Å². The molecule has 0 fully saturated rings. The third kappa shape index (κ3) is 5.72. The fourth-order valence-electron chi connectivity index (χ4n) is 3.46. The van der Waals surface area contributed by atoms with Crippen LogP contribution in [0.4, 0.5) is 0 Å². The number of fused-ring (bicyclic) bond motifs is 1. The number of hydrogen-bond acceptors (Lipinski definition) is 2. The lowest BCUT2D eigenvalue weighted by atomic mass is 10.1. The van der Waals surface area contributed by atoms with Crippen molar-refractivity contribution in [3.8, 4) is 0 Å². The molecule has 1 aromatic heterocycles. The molecule has 5 nitrogen and oxygen atoms in total. The van der Waals surface area contributed by atoms with Gasteiger partial charge < -0.3 is 15.6 Å². The lowest BCUT2D eigenvalue weighted by Crippen LogP contribution is -2.35. The average molecular weight is 523 g/mol. The highest BCUT2D eigenvalue weighted by Crippen LogP contribution is 2.18. The van der Waals surface area contributed by atoms with Crippen LogP contribution in [-0.4, -0.2) is 23.3 Å². The van der Waals surface area contributed by atoms with E-state index in [1.165, 1.54) is 0 Å². The fourth-order valence-corrected chi connectivity index (χ4v) is 3.95. The van der Waals surface area contributed by atoms with E-state index in [9.17, 15) is 9.59 Å². The first-order chi connectivity index (χ1) is 16.0. The Morgan fingerprint density at radius 1 is 0.970 bits per heavy atom. The maximum absolute atomic E-state index is 13.0. The Balaban J connectivity index is 1.50. The number of benzene rings is 3. The van der Waals surface area contributed by atoms with Gasteiger partial charge in [0, 0.05) is 28.1 Å². The second-order valence-electron chi connectivity index (χ2n) is 7.41. The molecule has 3 N–H and O–H groups in total. The van der Waals surface area contributed by atoms with E-state index in [2.05, 4.69) is 31.5 Å². The molecule has 0 unspecified atom stereocenters. The SMILES string of the molecule is O=C(NCCc1c[nH]c2ccccc12)/C(=C\c1ccc(Br)cc1)NC(=O)c1ccccc1Cl. The van der Waals surface area contributed by atoms with Crippen LogP contribution in [0.15, 0.2) is 89.2 Å². The first kappa shape index (κ1) is 22.8. The minimum atomic E-state index is -0.448. The summed E-state index contributed by atoms with van der Waals surface area (Å²) in [7, 11) is 0. The van der Waals surface area contributed by atoms with Gasteiger partial charge in [-0.25, -0.2) is 0 Å². The number of carbonyl (C=O) groups is 2. The van der Waals surface area contributed by atoms with Crippen molar-refractivity contribution in [2.45, 2.75) is 6.42 Å². The highest BCUT2D eigenvalue weighted by atomic mass is 79.9. The molecular formula is C26H21BrClN3O2. The standard InChI is InChI=1S/C26H21BrClN3O2/c27-19-11-9-17(10-12-19)15-24(31-25(32)21-6-1-3-7-22(21)28)26(33)29-14-13-18-16-30-23-8-4-2-5-20(18)23/h1-12,15-16,30H,13-14H2,(H,29,33)(H,31,32)/b24-15+. The highest BCUT2D eigenvalue weighted by Gasteiger charge is 2.16. The molecule has 4 rings (SSSR count). The van der Waals surface area contributed by atoms with Crippen molar-refractivity contribution in [2.24, 2.45) is 0 Å². The molecule has 33 heavy (non-hydrogen) atoms. The van der Waals surface area contributed by atoms with Crippen LogP contribution < -0.4 is 10.6 Å². The number of aromatic nitrogens is 1. The van der Waals surface area contributed by atoms with E-state index < -0.39 is 5.91 Å². The summed E-state index contributed by atoms with van der Waals surface area (Å²) in [6.45, 7) is 0.417. The molecular weight excluding hydrogens is 502 g/mol. The van der Waals surface area contributed by atoms with Crippen LogP contribution in [0.3, 0.4) is 0 Å². The summed E-state index contributed by atoms with van der Waals surface area (Å²) in [6.07, 6.45) is 4.25. The van der Waals surface area contributed by atoms with E-state index >= 15 is 0 Å². The molecule has 0 aliphatic rings. The topological polar surface area (TPSA) is 74.0 Å². The van der Waals surface area contributed by atoms with E-state index in [0.29, 0.717) is 23.6 Å². The molecule has 0 saturated carbocycles. The number of aromatic amines is 1. The Kier molecular flexibility index (Phi) is 7.27. The van der Waals surface area contributed by atoms with Gasteiger partial charge in [0.05, 0.1) is 10.6 Å². The van der Waals surface area contributed by atoms with Crippen LogP contribution >= 0.6 is 27.5 Å². The Morgan fingerprint density at radius 3 is 2.48 bits per heavy atom. The monoisotopic (exact) mass is 521 g/mol. The molecule has 0 spiro atoms. The Hall–Kier alpha value is -3.35. The molecule has 0 saturated heterocycles. The summed E-state index contributed by atoms with van der Waals surface area (Å²) < 4.78 is 0.921. The van der Waals surface area contributed by atoms with Crippen molar-refractivity contribution in [1.82, 2.24) is 15.6 Å². The van der Waals surface area contributed by atoms with Crippen molar-refractivity contribution < 1.29 is 9.59 Å². The second kappa shape index (κ2) is 10.5. The van der Waals surface area contributed by atoms with Gasteiger partial charge in [-0.1, -0.05) is 70.0 Å². The van der Waals surface area contributed by atoms with E-state index in [4.69, 9.17) is 11.6 Å². The first-order valence-corrected chi connectivity index (χ1v) is 11.5. The third-order valence-corrected chi connectivity index (χ3v) is 6.01. The van der Waals surface area contributed by atoms with Crippen molar-refractivity contribution in [1.29, 1.82) is 0 Å². The number of amides is 2. The van der Waals surface area contributed by atoms with Gasteiger partial charge in [-0.15, -0.1) is 0 Å². The minimum absolute atomic E-state index is 0.140. The molecule has 3 aromatic carbocycles. The van der Waals surface area contributed by atoms with Gasteiger partial charge in [-0.2, -0.15) is 0 Å². The average Bonchev–Trinajstić information content (AvgIpc) is 3.23. The van der Waals surface area contributed by atoms with E-state index in [1.807, 2.05) is 54.7 Å². The summed E-state index contributed by atoms with van der Waals surface area (Å²) in [4.78, 5) is 29.1. The number of rotatable bonds is 7. The Labute approximate surface area is 205 Å². The van der Waals surface area contributed by atoms with Gasteiger partial charge in [0.25, 0.3) is 11.8 Å². The summed E-state index contributed by atoms with van der Waals surface area (Å²) in [5.41, 5.74) is 3.39. The number of hydrogen-bond donors (Lipinski definition) is 3. The molecule has 0 radical (unpaired) electrons. The van der Waals surface area contributed by atoms with Crippen LogP contribution in [0.1, 0.15) is 21.5 Å². The van der Waals surface area contributed by atoms with Gasteiger partial charge in [0.1, 0.15) is 5.70 Å². The largest absolute Gasteiger partial charge is 0.361 e. The molecule has 0 aliphatic heterocycles. The summed E-state index contributed by atoms with van der Waals surface area (Å²) in [5, 5.41) is 7.08. The van der Waals surface area contributed by atoms with Crippen molar-refractivity contribution in [3.63, 3.8) is 0 Å². The second-order valence-corrected chi connectivity index (χ2v) is 8.73. The number of nitrogens with one attached hydrogen (secondary N) is 3. The van der Waals surface area contributed by atoms with Crippen molar-refractivity contribution >= 4 is 56.3 Å². The normalized spacial score (nSPS) is 11.4. The lowest BCUT2D eigenvalue weighted by molar-refractivity contribution is -0.117. The highest BCUT2D eigenvalue weighted by molar-refractivity contribution is 9.10. The van der Waals surface area contributed by atoms with Crippen molar-refractivity contribution in [3.05, 3.63) is 111 Å². The van der Waals surface area contributed by atoms with Crippen LogP contribution in [0.25, 0.3) is 17.0 Å². The van der Waals surface area contributed by atoms with Crippen LogP contribution in [-0.2, 0) is 11.2 Å². The maximum Gasteiger partial charge on any atom is 0.267 e. The lowest BCUT2D eigenvalue weighted by Gasteiger charge is -2.12. The number of halogens is 2. The van der Waals surface area contributed by atoms with E-state index in [1.54, 1.807) is 30.3 Å². The smallest absolute Gasteiger partial charge is 0.267 e. The molecule has 0 aliphatic carbocycles. The Bertz CT molecular complexity index is 1330. The zero-order valence-corrected chi connectivity index (χ0v) is 19.9. The van der Waals surface area contributed by atoms with Crippen molar-refractivity contribution in [2.75, 3.05) is 6.54 Å². The zero-order chi connectivity index (χ0) is 23.2. The molecule has 7 heteroatoms. The summed E-state index contributed by atoms with van der Waals surface area (Å²) in [5.74, 6) is -0.825. The molecule has 0 bridgehead atoms. The summed E-state index contributed by atoms with van der Waals surface area (Å²) in [6, 6.07) is 22.2. The third-order valence-electron chi connectivity index (χ3n) is 5.15. The molecule has 4 aromatic rings. The van der Waals surface area contributed by atoms with E-state index in [0.717, 1.165) is 26.5 Å². The van der Waals surface area contributed by atoms with Gasteiger partial charge in [0.2, 0.25) is 0 Å². The zero-order valence-electron chi connectivity index (χ0n) is 17.6. The van der Waals surface area contributed by atoms with Crippen LogP contribution in [0.5, 0.6) is 0 Å². The van der Waals surface area contributed by atoms with Crippen LogP contribution in [0.2, 0.25) is 5.02 Å². The minimum Gasteiger partial charge on any atom is -0.361 e. The quantitative estimate of drug-likeness (QED) is 0.272. The van der Waals surface area contributed by atoms with Gasteiger partial charge in [0.15, 0.2) is 0 Å². The molecule has 0 atom stereocenters. The molecule has 1 heterocycles. The molecule has 2 amide bonds. The summed E-state index contributed by atoms with van der Waals surface area (Å²) >= 11 is 9.56. The van der Waals surface area contributed by atoms with E-state index in [-0.39, 0.29) is 11.6 Å². The Morgan fingerprint density at radius 2 is 1.70 bits per heavy atom.